The Morgan fingerprint density at radius 2 is 1.63 bits per heavy atom. The summed E-state index contributed by atoms with van der Waals surface area (Å²) in [7, 11) is 0. The van der Waals surface area contributed by atoms with Crippen LogP contribution in [-0.2, 0) is 9.53 Å². The molecule has 2 amide bonds. The maximum Gasteiger partial charge on any atom is 0.410 e. The van der Waals surface area contributed by atoms with E-state index in [1.54, 1.807) is 4.90 Å². The number of nitrogens with one attached hydrogen (secondary N) is 3. The molecule has 0 radical (unpaired) electrons. The fourth-order valence-electron chi connectivity index (χ4n) is 2.31. The van der Waals surface area contributed by atoms with Crippen LogP contribution in [-0.4, -0.2) is 67.2 Å². The van der Waals surface area contributed by atoms with Crippen molar-refractivity contribution in [1.82, 2.24) is 20.9 Å². The van der Waals surface area contributed by atoms with E-state index in [9.17, 15) is 9.59 Å². The van der Waals surface area contributed by atoms with Crippen LogP contribution in [0.3, 0.4) is 0 Å². The first-order valence-corrected chi connectivity index (χ1v) is 9.29. The van der Waals surface area contributed by atoms with Crippen molar-refractivity contribution >= 4 is 41.9 Å². The van der Waals surface area contributed by atoms with Crippen molar-refractivity contribution in [3.05, 3.63) is 0 Å². The molecule has 0 bridgehead atoms. The zero-order chi connectivity index (χ0) is 20.0. The van der Waals surface area contributed by atoms with E-state index in [-0.39, 0.29) is 42.0 Å². The van der Waals surface area contributed by atoms with Gasteiger partial charge in [0.05, 0.1) is 18.0 Å². The number of carbonyl (C=O) groups excluding carboxylic acids is 2. The van der Waals surface area contributed by atoms with Crippen molar-refractivity contribution in [3.63, 3.8) is 0 Å². The molecule has 3 N–H and O–H groups in total. The number of nitrogens with zero attached hydrogens (tertiary/aromatic N) is 2. The number of hydrogen-bond acceptors (Lipinski definition) is 4. The summed E-state index contributed by atoms with van der Waals surface area (Å²) in [6.45, 7) is 16.0. The number of guanidine groups is 1. The van der Waals surface area contributed by atoms with Crippen LogP contribution >= 0.6 is 24.0 Å². The molecule has 0 unspecified atom stereocenters. The van der Waals surface area contributed by atoms with E-state index in [2.05, 4.69) is 20.9 Å². The maximum atomic E-state index is 12.1. The summed E-state index contributed by atoms with van der Waals surface area (Å²) in [6.07, 6.45) is -0.296. The molecule has 1 aliphatic heterocycles. The Kier molecular flexibility index (Phi) is 10.4. The molecule has 0 aromatic heterocycles. The third-order valence-corrected chi connectivity index (χ3v) is 3.80. The van der Waals surface area contributed by atoms with Crippen LogP contribution in [0.25, 0.3) is 0 Å². The highest BCUT2D eigenvalue weighted by atomic mass is 127. The molecule has 0 aromatic rings. The first kappa shape index (κ1) is 25.7. The summed E-state index contributed by atoms with van der Waals surface area (Å²) in [6, 6.07) is 0.118. The van der Waals surface area contributed by atoms with Crippen LogP contribution in [0.2, 0.25) is 0 Å². The van der Waals surface area contributed by atoms with Crippen molar-refractivity contribution in [2.75, 3.05) is 32.7 Å². The van der Waals surface area contributed by atoms with E-state index >= 15 is 0 Å². The molecular formula is C18H36IN5O3. The number of ether oxygens (including phenoxy) is 1. The summed E-state index contributed by atoms with van der Waals surface area (Å²) >= 11 is 0. The Morgan fingerprint density at radius 1 is 1.07 bits per heavy atom. The standard InChI is InChI=1S/C18H35N5O3.HI/c1-8-19-14(24)18(6,7)12-21-15(20-9-2)22-13-10-23(11-13)16(25)26-17(3,4)5;/h13H,8-12H2,1-7H3,(H,19,24)(H2,20,21,22);1H. The lowest BCUT2D eigenvalue weighted by atomic mass is 9.92. The number of carbonyl (C=O) groups is 2. The van der Waals surface area contributed by atoms with E-state index in [1.807, 2.05) is 48.5 Å². The minimum atomic E-state index is -0.583. The second-order valence-corrected chi connectivity index (χ2v) is 8.17. The van der Waals surface area contributed by atoms with Crippen LogP contribution in [0, 0.1) is 5.41 Å². The molecule has 0 spiro atoms. The molecule has 158 valence electrons. The predicted octanol–water partition coefficient (Wildman–Crippen LogP) is 1.94. The average molecular weight is 497 g/mol. The minimum absolute atomic E-state index is 0. The number of hydrogen-bond donors (Lipinski definition) is 3. The fraction of sp³-hybridized carbons (Fsp3) is 0.833. The third-order valence-electron chi connectivity index (χ3n) is 3.80. The van der Waals surface area contributed by atoms with E-state index in [0.29, 0.717) is 32.1 Å². The molecule has 1 aliphatic rings. The number of rotatable bonds is 6. The summed E-state index contributed by atoms with van der Waals surface area (Å²) < 4.78 is 5.35. The molecule has 0 aliphatic carbocycles. The van der Waals surface area contributed by atoms with Gasteiger partial charge in [0.2, 0.25) is 5.91 Å². The van der Waals surface area contributed by atoms with Gasteiger partial charge in [0.15, 0.2) is 5.96 Å². The topological polar surface area (TPSA) is 95.1 Å². The summed E-state index contributed by atoms with van der Waals surface area (Å²) in [5, 5.41) is 9.32. The Bertz CT molecular complexity index is 526. The van der Waals surface area contributed by atoms with E-state index < -0.39 is 11.0 Å². The molecule has 0 atom stereocenters. The zero-order valence-corrected chi connectivity index (χ0v) is 20.0. The molecule has 0 saturated carbocycles. The van der Waals surface area contributed by atoms with Crippen molar-refractivity contribution in [2.24, 2.45) is 10.4 Å². The Balaban J connectivity index is 0.00000676. The smallest absolute Gasteiger partial charge is 0.410 e. The quantitative estimate of drug-likeness (QED) is 0.296. The molecular weight excluding hydrogens is 461 g/mol. The predicted molar refractivity (Wildman–Crippen MR) is 119 cm³/mol. The molecule has 8 nitrogen and oxygen atoms in total. The van der Waals surface area contributed by atoms with Gasteiger partial charge in [-0.25, -0.2) is 4.79 Å². The molecule has 1 saturated heterocycles. The van der Waals surface area contributed by atoms with Crippen LogP contribution in [0.5, 0.6) is 0 Å². The highest BCUT2D eigenvalue weighted by Crippen LogP contribution is 2.17. The molecule has 1 fully saturated rings. The van der Waals surface area contributed by atoms with Gasteiger partial charge in [-0.2, -0.15) is 0 Å². The lowest BCUT2D eigenvalue weighted by molar-refractivity contribution is -0.128. The van der Waals surface area contributed by atoms with E-state index in [0.717, 1.165) is 6.54 Å². The van der Waals surface area contributed by atoms with E-state index in [1.165, 1.54) is 0 Å². The van der Waals surface area contributed by atoms with Gasteiger partial charge < -0.3 is 25.6 Å². The van der Waals surface area contributed by atoms with Gasteiger partial charge in [-0.1, -0.05) is 0 Å². The van der Waals surface area contributed by atoms with Crippen LogP contribution in [0.1, 0.15) is 48.5 Å². The molecule has 0 aromatic carbocycles. The second kappa shape index (κ2) is 10.9. The third kappa shape index (κ3) is 8.98. The number of amides is 2. The Morgan fingerprint density at radius 3 is 2.11 bits per heavy atom. The van der Waals surface area contributed by atoms with Crippen molar-refractivity contribution < 1.29 is 14.3 Å². The molecule has 27 heavy (non-hydrogen) atoms. The van der Waals surface area contributed by atoms with Gasteiger partial charge >= 0.3 is 6.09 Å². The molecule has 1 heterocycles. The lowest BCUT2D eigenvalue weighted by Gasteiger charge is -2.40. The summed E-state index contributed by atoms with van der Waals surface area (Å²) in [5.41, 5.74) is -1.07. The average Bonchev–Trinajstić information content (AvgIpc) is 2.46. The Hall–Kier alpha value is -1.26. The minimum Gasteiger partial charge on any atom is -0.444 e. The lowest BCUT2D eigenvalue weighted by Crippen LogP contribution is -2.63. The van der Waals surface area contributed by atoms with Crippen LogP contribution in [0.15, 0.2) is 4.99 Å². The molecule has 9 heteroatoms. The van der Waals surface area contributed by atoms with Gasteiger partial charge in [0, 0.05) is 26.2 Å². The van der Waals surface area contributed by atoms with Crippen molar-refractivity contribution in [3.8, 4) is 0 Å². The fourth-order valence-corrected chi connectivity index (χ4v) is 2.31. The van der Waals surface area contributed by atoms with Gasteiger partial charge in [-0.15, -0.1) is 24.0 Å². The zero-order valence-electron chi connectivity index (χ0n) is 17.6. The van der Waals surface area contributed by atoms with Gasteiger partial charge in [0.25, 0.3) is 0 Å². The van der Waals surface area contributed by atoms with E-state index in [4.69, 9.17) is 4.74 Å². The van der Waals surface area contributed by atoms with Crippen LogP contribution in [0.4, 0.5) is 4.79 Å². The first-order valence-electron chi connectivity index (χ1n) is 9.29. The number of halogens is 1. The first-order chi connectivity index (χ1) is 12.0. The van der Waals surface area contributed by atoms with Gasteiger partial charge in [-0.3, -0.25) is 9.79 Å². The number of aliphatic imine (C=N–C) groups is 1. The van der Waals surface area contributed by atoms with Crippen molar-refractivity contribution in [1.29, 1.82) is 0 Å². The summed E-state index contributed by atoms with van der Waals surface area (Å²) in [5.74, 6) is 0.637. The SMILES string of the molecule is CCNC(=O)C(C)(C)CN=C(NCC)NC1CN(C(=O)OC(C)(C)C)C1.I. The van der Waals surface area contributed by atoms with Gasteiger partial charge in [-0.05, 0) is 48.5 Å². The maximum absolute atomic E-state index is 12.1. The Labute approximate surface area is 180 Å². The highest BCUT2D eigenvalue weighted by molar-refractivity contribution is 14.0. The highest BCUT2D eigenvalue weighted by Gasteiger charge is 2.34. The largest absolute Gasteiger partial charge is 0.444 e. The second-order valence-electron chi connectivity index (χ2n) is 8.17. The monoisotopic (exact) mass is 497 g/mol. The van der Waals surface area contributed by atoms with Crippen LogP contribution < -0.4 is 16.0 Å². The number of likely N-dealkylation sites (tertiary alicyclic amines) is 1. The molecule has 1 rings (SSSR count). The summed E-state index contributed by atoms with van der Waals surface area (Å²) in [4.78, 5) is 30.3. The van der Waals surface area contributed by atoms with Gasteiger partial charge in [0.1, 0.15) is 5.60 Å². The van der Waals surface area contributed by atoms with Crippen molar-refractivity contribution in [2.45, 2.75) is 60.1 Å². The normalized spacial score (nSPS) is 15.4.